The van der Waals surface area contributed by atoms with E-state index in [2.05, 4.69) is 19.2 Å². The average Bonchev–Trinajstić information content (AvgIpc) is 2.13. The summed E-state index contributed by atoms with van der Waals surface area (Å²) >= 11 is 0. The van der Waals surface area contributed by atoms with Crippen LogP contribution in [0.3, 0.4) is 0 Å². The Morgan fingerprint density at radius 2 is 2.08 bits per heavy atom. The summed E-state index contributed by atoms with van der Waals surface area (Å²) in [6.07, 6.45) is 9.79. The van der Waals surface area contributed by atoms with Crippen molar-refractivity contribution in [1.82, 2.24) is 5.32 Å². The van der Waals surface area contributed by atoms with Gasteiger partial charge >= 0.3 is 0 Å². The van der Waals surface area contributed by atoms with Crippen LogP contribution in [0.5, 0.6) is 0 Å². The van der Waals surface area contributed by atoms with Crippen molar-refractivity contribution in [2.45, 2.75) is 64.8 Å². The second-order valence-electron chi connectivity index (χ2n) is 4.63. The number of hydrogen-bond acceptors (Lipinski definition) is 1. The van der Waals surface area contributed by atoms with Gasteiger partial charge in [-0.15, -0.1) is 0 Å². The van der Waals surface area contributed by atoms with Gasteiger partial charge in [0.2, 0.25) is 0 Å². The SMILES string of the molecule is CCCCCN[C@H]1CCC[C@@H](C)C1. The van der Waals surface area contributed by atoms with Crippen LogP contribution in [0.15, 0.2) is 0 Å². The minimum atomic E-state index is 0.834. The quantitative estimate of drug-likeness (QED) is 0.645. The van der Waals surface area contributed by atoms with Crippen molar-refractivity contribution in [3.8, 4) is 0 Å². The lowest BCUT2D eigenvalue weighted by atomic mass is 9.87. The molecule has 1 aliphatic rings. The zero-order valence-corrected chi connectivity index (χ0v) is 9.31. The third kappa shape index (κ3) is 4.66. The zero-order chi connectivity index (χ0) is 9.52. The van der Waals surface area contributed by atoms with Gasteiger partial charge in [0, 0.05) is 6.04 Å². The van der Waals surface area contributed by atoms with Gasteiger partial charge in [0.15, 0.2) is 0 Å². The Morgan fingerprint density at radius 3 is 2.77 bits per heavy atom. The molecule has 0 amide bonds. The van der Waals surface area contributed by atoms with E-state index in [0.29, 0.717) is 0 Å². The lowest BCUT2D eigenvalue weighted by Crippen LogP contribution is -2.34. The van der Waals surface area contributed by atoms with E-state index in [4.69, 9.17) is 0 Å². The minimum absolute atomic E-state index is 0.834. The highest BCUT2D eigenvalue weighted by molar-refractivity contribution is 4.75. The van der Waals surface area contributed by atoms with E-state index in [1.165, 1.54) is 51.5 Å². The van der Waals surface area contributed by atoms with E-state index in [1.54, 1.807) is 0 Å². The molecule has 0 bridgehead atoms. The fraction of sp³-hybridized carbons (Fsp3) is 1.00. The summed E-state index contributed by atoms with van der Waals surface area (Å²) < 4.78 is 0. The van der Waals surface area contributed by atoms with Gasteiger partial charge in [-0.05, 0) is 31.7 Å². The summed E-state index contributed by atoms with van der Waals surface area (Å²) in [5, 5.41) is 3.69. The molecular weight excluding hydrogens is 158 g/mol. The Morgan fingerprint density at radius 1 is 1.23 bits per heavy atom. The summed E-state index contributed by atoms with van der Waals surface area (Å²) in [7, 11) is 0. The van der Waals surface area contributed by atoms with Crippen molar-refractivity contribution in [1.29, 1.82) is 0 Å². The van der Waals surface area contributed by atoms with E-state index in [1.807, 2.05) is 0 Å². The van der Waals surface area contributed by atoms with Crippen molar-refractivity contribution in [2.75, 3.05) is 6.54 Å². The van der Waals surface area contributed by atoms with Crippen LogP contribution in [-0.2, 0) is 0 Å². The summed E-state index contributed by atoms with van der Waals surface area (Å²) in [6.45, 7) is 5.90. The molecule has 1 fully saturated rings. The van der Waals surface area contributed by atoms with E-state index in [-0.39, 0.29) is 0 Å². The molecule has 2 atom stereocenters. The fourth-order valence-electron chi connectivity index (χ4n) is 2.30. The third-order valence-electron chi connectivity index (χ3n) is 3.15. The number of rotatable bonds is 5. The lowest BCUT2D eigenvalue weighted by Gasteiger charge is -2.27. The van der Waals surface area contributed by atoms with Crippen molar-refractivity contribution in [2.24, 2.45) is 5.92 Å². The van der Waals surface area contributed by atoms with E-state index >= 15 is 0 Å². The molecule has 1 rings (SSSR count). The maximum atomic E-state index is 3.69. The first kappa shape index (κ1) is 11.0. The van der Waals surface area contributed by atoms with Crippen molar-refractivity contribution in [3.63, 3.8) is 0 Å². The van der Waals surface area contributed by atoms with E-state index in [9.17, 15) is 0 Å². The second kappa shape index (κ2) is 6.42. The maximum Gasteiger partial charge on any atom is 0.00696 e. The number of hydrogen-bond donors (Lipinski definition) is 1. The standard InChI is InChI=1S/C12H25N/c1-3-4-5-9-13-12-8-6-7-11(2)10-12/h11-13H,3-10H2,1-2H3/t11-,12+/m1/s1. The minimum Gasteiger partial charge on any atom is -0.314 e. The van der Waals surface area contributed by atoms with Crippen LogP contribution in [0.2, 0.25) is 0 Å². The molecule has 0 unspecified atom stereocenters. The smallest absolute Gasteiger partial charge is 0.00696 e. The molecule has 0 aromatic carbocycles. The molecule has 0 spiro atoms. The average molecular weight is 183 g/mol. The topological polar surface area (TPSA) is 12.0 Å². The Bertz CT molecular complexity index is 122. The van der Waals surface area contributed by atoms with Crippen molar-refractivity contribution in [3.05, 3.63) is 0 Å². The molecule has 1 nitrogen and oxygen atoms in total. The number of nitrogens with one attached hydrogen (secondary N) is 1. The molecule has 0 aliphatic heterocycles. The molecule has 0 aromatic heterocycles. The van der Waals surface area contributed by atoms with Gasteiger partial charge in [-0.25, -0.2) is 0 Å². The monoisotopic (exact) mass is 183 g/mol. The van der Waals surface area contributed by atoms with E-state index < -0.39 is 0 Å². The largest absolute Gasteiger partial charge is 0.314 e. The highest BCUT2D eigenvalue weighted by Crippen LogP contribution is 2.23. The predicted octanol–water partition coefficient (Wildman–Crippen LogP) is 3.34. The molecular formula is C12H25N. The van der Waals surface area contributed by atoms with E-state index in [0.717, 1.165) is 12.0 Å². The Kier molecular flexibility index (Phi) is 5.45. The van der Waals surface area contributed by atoms with Crippen molar-refractivity contribution < 1.29 is 0 Å². The van der Waals surface area contributed by atoms with Crippen LogP contribution in [0, 0.1) is 5.92 Å². The molecule has 78 valence electrons. The molecule has 1 heteroatoms. The normalized spacial score (nSPS) is 29.1. The summed E-state index contributed by atoms with van der Waals surface area (Å²) in [5.41, 5.74) is 0. The van der Waals surface area contributed by atoms with Crippen LogP contribution in [0.4, 0.5) is 0 Å². The first-order valence-electron chi connectivity index (χ1n) is 6.06. The molecule has 13 heavy (non-hydrogen) atoms. The summed E-state index contributed by atoms with van der Waals surface area (Å²) in [4.78, 5) is 0. The van der Waals surface area contributed by atoms with Crippen LogP contribution in [0.1, 0.15) is 58.8 Å². The zero-order valence-electron chi connectivity index (χ0n) is 9.31. The van der Waals surface area contributed by atoms with Gasteiger partial charge in [-0.1, -0.05) is 39.5 Å². The molecule has 1 aliphatic carbocycles. The van der Waals surface area contributed by atoms with Crippen LogP contribution < -0.4 is 5.32 Å². The first-order chi connectivity index (χ1) is 6.33. The highest BCUT2D eigenvalue weighted by atomic mass is 14.9. The first-order valence-corrected chi connectivity index (χ1v) is 6.06. The van der Waals surface area contributed by atoms with Gasteiger partial charge in [0.1, 0.15) is 0 Å². The Balaban J connectivity index is 2.00. The van der Waals surface area contributed by atoms with Crippen molar-refractivity contribution >= 4 is 0 Å². The Hall–Kier alpha value is -0.0400. The fourth-order valence-corrected chi connectivity index (χ4v) is 2.30. The second-order valence-corrected chi connectivity index (χ2v) is 4.63. The summed E-state index contributed by atoms with van der Waals surface area (Å²) in [5.74, 6) is 0.956. The maximum absolute atomic E-state index is 3.69. The molecule has 0 aromatic rings. The molecule has 0 radical (unpaired) electrons. The molecule has 0 saturated heterocycles. The highest BCUT2D eigenvalue weighted by Gasteiger charge is 2.17. The Labute approximate surface area is 83.3 Å². The number of unbranched alkanes of at least 4 members (excludes halogenated alkanes) is 2. The molecule has 0 heterocycles. The van der Waals surface area contributed by atoms with Gasteiger partial charge in [0.25, 0.3) is 0 Å². The summed E-state index contributed by atoms with van der Waals surface area (Å²) in [6, 6.07) is 0.834. The van der Waals surface area contributed by atoms with Gasteiger partial charge in [-0.3, -0.25) is 0 Å². The van der Waals surface area contributed by atoms with Crippen LogP contribution >= 0.6 is 0 Å². The predicted molar refractivity (Wildman–Crippen MR) is 58.9 cm³/mol. The molecule has 1 N–H and O–H groups in total. The lowest BCUT2D eigenvalue weighted by molar-refractivity contribution is 0.300. The van der Waals surface area contributed by atoms with Gasteiger partial charge in [0.05, 0.1) is 0 Å². The third-order valence-corrected chi connectivity index (χ3v) is 3.15. The molecule has 1 saturated carbocycles. The van der Waals surface area contributed by atoms with Crippen LogP contribution in [0.25, 0.3) is 0 Å². The van der Waals surface area contributed by atoms with Gasteiger partial charge in [-0.2, -0.15) is 0 Å². The van der Waals surface area contributed by atoms with Gasteiger partial charge < -0.3 is 5.32 Å². The van der Waals surface area contributed by atoms with Crippen LogP contribution in [-0.4, -0.2) is 12.6 Å².